The molecule has 0 aromatic rings. The van der Waals surface area contributed by atoms with E-state index in [4.69, 9.17) is 39.6 Å². The van der Waals surface area contributed by atoms with Crippen molar-refractivity contribution < 1.29 is 0 Å². The Kier molecular flexibility index (Phi) is 7.97. The average Bonchev–Trinajstić information content (AvgIpc) is 2.43. The topological polar surface area (TPSA) is 194 Å². The Morgan fingerprint density at radius 1 is 0.750 bits per heavy atom. The zero-order valence-electron chi connectivity index (χ0n) is 14.8. The molecule has 0 aromatic heterocycles. The summed E-state index contributed by atoms with van der Waals surface area (Å²) in [6, 6.07) is 0. The van der Waals surface area contributed by atoms with Gasteiger partial charge in [-0.25, -0.2) is 0 Å². The zero-order chi connectivity index (χ0) is 19.0. The van der Waals surface area contributed by atoms with Gasteiger partial charge in [0.15, 0.2) is 8.37 Å². The number of rotatable bonds is 6. The van der Waals surface area contributed by atoms with Gasteiger partial charge in [-0.05, 0) is 0 Å². The maximum atomic E-state index is 6.16. The van der Waals surface area contributed by atoms with Gasteiger partial charge in [-0.3, -0.25) is 35.1 Å². The molecule has 0 bridgehead atoms. The van der Waals surface area contributed by atoms with E-state index in [0.717, 1.165) is 0 Å². The molecule has 0 radical (unpaired) electrons. The van der Waals surface area contributed by atoms with Gasteiger partial charge in [0.25, 0.3) is 0 Å². The number of nitrogens with zero attached hydrogens (tertiary/aromatic N) is 9. The summed E-state index contributed by atoms with van der Waals surface area (Å²) in [6.07, 6.45) is 0. The van der Waals surface area contributed by atoms with Crippen LogP contribution in [0.2, 0.25) is 0 Å². The monoisotopic (exact) mass is 405 g/mol. The Labute approximate surface area is 145 Å². The summed E-state index contributed by atoms with van der Waals surface area (Å²) < 4.78 is 14.2. The molecule has 0 saturated carbocycles. The SMILES string of the molecule is CN(N)N1P(N(C)N)N=P(N(C)N)(N(C)N)N(N(C)N)P1N(C)N. The lowest BCUT2D eigenvalue weighted by molar-refractivity contribution is 0.118. The number of hydrogen-bond acceptors (Lipinski definition) is 15. The molecule has 0 saturated heterocycles. The van der Waals surface area contributed by atoms with Crippen LogP contribution in [0.5, 0.6) is 0 Å². The first-order chi connectivity index (χ1) is 10.9. The van der Waals surface area contributed by atoms with E-state index in [1.165, 1.54) is 29.4 Å². The summed E-state index contributed by atoms with van der Waals surface area (Å²) >= 11 is 0. The van der Waals surface area contributed by atoms with Crippen molar-refractivity contribution in [1.82, 2.24) is 38.5 Å². The summed E-state index contributed by atoms with van der Waals surface area (Å²) in [7, 11) is 4.34. The van der Waals surface area contributed by atoms with E-state index in [-0.39, 0.29) is 0 Å². The van der Waals surface area contributed by atoms with E-state index in [1.54, 1.807) is 51.4 Å². The Balaban J connectivity index is 3.80. The van der Waals surface area contributed by atoms with Crippen LogP contribution >= 0.6 is 24.3 Å². The van der Waals surface area contributed by atoms with Crippen molar-refractivity contribution in [3.63, 3.8) is 0 Å². The van der Waals surface area contributed by atoms with Crippen LogP contribution in [0.25, 0.3) is 0 Å². The predicted octanol–water partition coefficient (Wildman–Crippen LogP) is -2.33. The first kappa shape index (κ1) is 22.6. The minimum Gasteiger partial charge on any atom is -0.263 e. The van der Waals surface area contributed by atoms with Crippen molar-refractivity contribution in [2.45, 2.75) is 0 Å². The first-order valence-corrected chi connectivity index (χ1v) is 10.6. The molecule has 0 aliphatic carbocycles. The second kappa shape index (κ2) is 8.48. The van der Waals surface area contributed by atoms with Crippen molar-refractivity contribution in [1.29, 1.82) is 0 Å². The van der Waals surface area contributed by atoms with Gasteiger partial charge in [-0.15, -0.1) is 9.10 Å². The molecule has 0 fully saturated rings. The maximum Gasteiger partial charge on any atom is 0.220 e. The highest BCUT2D eigenvalue weighted by molar-refractivity contribution is 7.81. The molecule has 2 atom stereocenters. The normalized spacial score (nSPS) is 26.4. The van der Waals surface area contributed by atoms with Crippen molar-refractivity contribution in [2.75, 3.05) is 42.3 Å². The van der Waals surface area contributed by atoms with E-state index >= 15 is 0 Å². The third-order valence-electron chi connectivity index (χ3n) is 2.90. The van der Waals surface area contributed by atoms with Crippen molar-refractivity contribution >= 4 is 24.3 Å². The third-order valence-corrected chi connectivity index (χ3v) is 12.0. The summed E-state index contributed by atoms with van der Waals surface area (Å²) in [5.41, 5.74) is 0. The van der Waals surface area contributed by atoms with Crippen LogP contribution in [0.1, 0.15) is 0 Å². The fourth-order valence-corrected chi connectivity index (χ4v) is 12.6. The van der Waals surface area contributed by atoms with Gasteiger partial charge in [0.05, 0.1) is 0 Å². The lowest BCUT2D eigenvalue weighted by atomic mass is 11.4. The Morgan fingerprint density at radius 3 is 1.46 bits per heavy atom. The van der Waals surface area contributed by atoms with Gasteiger partial charge in [-0.1, -0.05) is 0 Å². The Hall–Kier alpha value is 0.530. The number of hydrogen-bond donors (Lipinski definition) is 6. The molecule has 1 aliphatic heterocycles. The quantitative estimate of drug-likeness (QED) is 0.156. The highest BCUT2D eigenvalue weighted by Crippen LogP contribution is 2.78. The molecule has 1 heterocycles. The molecule has 1 rings (SSSR count). The Bertz CT molecular complexity index is 452. The molecule has 144 valence electrons. The second-order valence-corrected chi connectivity index (χ2v) is 12.7. The van der Waals surface area contributed by atoms with E-state index in [2.05, 4.69) is 0 Å². The minimum atomic E-state index is -2.83. The van der Waals surface area contributed by atoms with Crippen molar-refractivity contribution in [2.24, 2.45) is 39.6 Å². The molecule has 0 aromatic carbocycles. The summed E-state index contributed by atoms with van der Waals surface area (Å²) in [5.74, 6) is 36.6. The largest absolute Gasteiger partial charge is 0.263 e. The van der Waals surface area contributed by atoms with Crippen LogP contribution in [0, 0.1) is 0 Å². The van der Waals surface area contributed by atoms with Gasteiger partial charge >= 0.3 is 0 Å². The molecule has 12 N–H and O–H groups in total. The standard InChI is InChI=1S/C6H30N15P3/c1-14(7)20-22(16(3)9)13-24(18(5)11,19(6)12)21(15(2)8)23(20)17(4)10/h7-12H2,1-6H3. The molecule has 1 aliphatic rings. The molecule has 15 nitrogen and oxygen atoms in total. The molecular formula is C6H30N15P3. The molecule has 24 heavy (non-hydrogen) atoms. The average molecular weight is 405 g/mol. The second-order valence-electron chi connectivity index (χ2n) is 5.14. The molecule has 2 unspecified atom stereocenters. The van der Waals surface area contributed by atoms with Crippen LogP contribution in [-0.4, -0.2) is 80.7 Å². The highest BCUT2D eigenvalue weighted by Gasteiger charge is 2.53. The lowest BCUT2D eigenvalue weighted by Crippen LogP contribution is -2.57. The fourth-order valence-electron chi connectivity index (χ4n) is 2.04. The third kappa shape index (κ3) is 3.93. The van der Waals surface area contributed by atoms with Gasteiger partial charge < -0.3 is 0 Å². The first-order valence-electron chi connectivity index (χ1n) is 6.63. The van der Waals surface area contributed by atoms with Crippen LogP contribution in [-0.2, 0) is 0 Å². The minimum absolute atomic E-state index is 1.37. The van der Waals surface area contributed by atoms with Gasteiger partial charge in [-0.2, -0.15) is 33.9 Å². The van der Waals surface area contributed by atoms with Crippen molar-refractivity contribution in [3.8, 4) is 0 Å². The van der Waals surface area contributed by atoms with Crippen LogP contribution in [0.3, 0.4) is 0 Å². The van der Waals surface area contributed by atoms with Crippen LogP contribution in [0.4, 0.5) is 0 Å². The lowest BCUT2D eigenvalue weighted by Gasteiger charge is -2.56. The van der Waals surface area contributed by atoms with E-state index in [9.17, 15) is 0 Å². The van der Waals surface area contributed by atoms with Gasteiger partial charge in [0.2, 0.25) is 15.9 Å². The number of hydrazine groups is 8. The molecular weight excluding hydrogens is 375 g/mol. The molecule has 0 spiro atoms. The maximum absolute atomic E-state index is 6.16. The Morgan fingerprint density at radius 2 is 1.21 bits per heavy atom. The number of nitrogens with two attached hydrogens (primary N) is 6. The van der Waals surface area contributed by atoms with E-state index in [0.29, 0.717) is 0 Å². The van der Waals surface area contributed by atoms with Crippen molar-refractivity contribution in [3.05, 3.63) is 0 Å². The zero-order valence-corrected chi connectivity index (χ0v) is 17.5. The van der Waals surface area contributed by atoms with Crippen LogP contribution in [0.15, 0.2) is 4.52 Å². The smallest absolute Gasteiger partial charge is 0.220 e. The van der Waals surface area contributed by atoms with E-state index in [1.807, 2.05) is 0 Å². The van der Waals surface area contributed by atoms with Gasteiger partial charge in [0.1, 0.15) is 0 Å². The predicted molar refractivity (Wildman–Crippen MR) is 98.6 cm³/mol. The summed E-state index contributed by atoms with van der Waals surface area (Å²) in [5, 5.41) is 2.77. The molecule has 18 heteroatoms. The van der Waals surface area contributed by atoms with Gasteiger partial charge in [0, 0.05) is 42.3 Å². The van der Waals surface area contributed by atoms with Crippen LogP contribution < -0.4 is 35.1 Å². The summed E-state index contributed by atoms with van der Waals surface area (Å²) in [6.45, 7) is 0. The molecule has 0 amide bonds. The van der Waals surface area contributed by atoms with E-state index < -0.39 is 24.3 Å². The fraction of sp³-hybridized carbons (Fsp3) is 1.00. The highest BCUT2D eigenvalue weighted by atomic mass is 31.3. The summed E-state index contributed by atoms with van der Waals surface area (Å²) in [4.78, 5) is 0.